The Balaban J connectivity index is 1.74. The predicted octanol–water partition coefficient (Wildman–Crippen LogP) is 4.50. The van der Waals surface area contributed by atoms with E-state index in [1.165, 1.54) is 0 Å². The van der Waals surface area contributed by atoms with Gasteiger partial charge in [-0.2, -0.15) is 5.10 Å². The zero-order chi connectivity index (χ0) is 21.8. The molecule has 2 heterocycles. The Labute approximate surface area is 181 Å². The highest BCUT2D eigenvalue weighted by Gasteiger charge is 2.17. The molecule has 2 aromatic heterocycles. The molecule has 7 nitrogen and oxygen atoms in total. The van der Waals surface area contributed by atoms with Crippen LogP contribution >= 0.6 is 0 Å². The molecule has 0 bridgehead atoms. The van der Waals surface area contributed by atoms with E-state index < -0.39 is 0 Å². The first kappa shape index (κ1) is 20.4. The zero-order valence-corrected chi connectivity index (χ0v) is 18.0. The lowest BCUT2D eigenvalue weighted by molar-refractivity contribution is 0.413. The number of aryl methyl sites for hydroxylation is 2. The number of hydrogen-bond donors (Lipinski definition) is 1. The molecule has 7 heteroatoms. The van der Waals surface area contributed by atoms with Crippen molar-refractivity contribution >= 4 is 5.82 Å². The number of hydrogen-bond acceptors (Lipinski definition) is 6. The van der Waals surface area contributed by atoms with Crippen LogP contribution in [0.5, 0.6) is 11.5 Å². The summed E-state index contributed by atoms with van der Waals surface area (Å²) in [4.78, 5) is 9.14. The van der Waals surface area contributed by atoms with Gasteiger partial charge < -0.3 is 14.8 Å². The van der Waals surface area contributed by atoms with E-state index in [2.05, 4.69) is 27.5 Å². The maximum Gasteiger partial charge on any atom is 0.174 e. The minimum absolute atomic E-state index is 0.185. The van der Waals surface area contributed by atoms with Gasteiger partial charge in [0.1, 0.15) is 17.3 Å². The van der Waals surface area contributed by atoms with E-state index >= 15 is 0 Å². The van der Waals surface area contributed by atoms with Crippen molar-refractivity contribution in [1.82, 2.24) is 19.7 Å². The summed E-state index contributed by atoms with van der Waals surface area (Å²) in [7, 11) is 3.33. The minimum Gasteiger partial charge on any atom is -0.497 e. The second-order valence-corrected chi connectivity index (χ2v) is 7.23. The van der Waals surface area contributed by atoms with E-state index in [9.17, 15) is 0 Å². The maximum absolute atomic E-state index is 5.44. The van der Waals surface area contributed by atoms with Crippen LogP contribution in [0.2, 0.25) is 0 Å². The molecule has 0 aliphatic heterocycles. The summed E-state index contributed by atoms with van der Waals surface area (Å²) in [6, 6.07) is 17.8. The second-order valence-electron chi connectivity index (χ2n) is 7.23. The fourth-order valence-electron chi connectivity index (χ4n) is 3.54. The molecule has 158 valence electrons. The van der Waals surface area contributed by atoms with Crippen molar-refractivity contribution in [3.8, 4) is 17.3 Å². The summed E-state index contributed by atoms with van der Waals surface area (Å²) in [6.07, 6.45) is 3.42. The smallest absolute Gasteiger partial charge is 0.174 e. The van der Waals surface area contributed by atoms with Gasteiger partial charge in [0.05, 0.1) is 38.3 Å². The molecule has 4 aromatic rings. The van der Waals surface area contributed by atoms with E-state index in [0.29, 0.717) is 11.6 Å². The van der Waals surface area contributed by atoms with E-state index in [-0.39, 0.29) is 6.04 Å². The van der Waals surface area contributed by atoms with Crippen LogP contribution in [0.25, 0.3) is 5.82 Å². The molecule has 0 saturated heterocycles. The fourth-order valence-corrected chi connectivity index (χ4v) is 3.54. The number of nitrogens with one attached hydrogen (secondary N) is 1. The molecule has 0 atom stereocenters. The lowest BCUT2D eigenvalue weighted by Gasteiger charge is -2.21. The number of methoxy groups -OCH3 is 2. The molecule has 0 unspecified atom stereocenters. The highest BCUT2D eigenvalue weighted by Crippen LogP contribution is 2.30. The lowest BCUT2D eigenvalue weighted by Crippen LogP contribution is -2.15. The van der Waals surface area contributed by atoms with Crippen LogP contribution < -0.4 is 14.8 Å². The van der Waals surface area contributed by atoms with E-state index in [1.807, 2.05) is 56.3 Å². The summed E-state index contributed by atoms with van der Waals surface area (Å²) in [5.41, 5.74) is 4.00. The Morgan fingerprint density at radius 1 is 0.871 bits per heavy atom. The van der Waals surface area contributed by atoms with Gasteiger partial charge in [-0.25, -0.2) is 9.67 Å². The number of benzene rings is 2. The quantitative estimate of drug-likeness (QED) is 0.479. The van der Waals surface area contributed by atoms with Crippen molar-refractivity contribution in [2.24, 2.45) is 0 Å². The number of anilines is 1. The van der Waals surface area contributed by atoms with Gasteiger partial charge >= 0.3 is 0 Å². The second kappa shape index (κ2) is 8.87. The zero-order valence-electron chi connectivity index (χ0n) is 18.0. The SMILES string of the molecule is COc1cccc(C(Nc2cncc(-n3nc(C)cc3C)n2)c2cccc(OC)c2)c1. The fraction of sp³-hybridized carbons (Fsp3) is 0.208. The first-order valence-electron chi connectivity index (χ1n) is 9.97. The number of rotatable bonds is 7. The van der Waals surface area contributed by atoms with Crippen molar-refractivity contribution in [3.63, 3.8) is 0 Å². The molecule has 0 amide bonds. The molecule has 4 rings (SSSR count). The van der Waals surface area contributed by atoms with Crippen LogP contribution in [0.3, 0.4) is 0 Å². The van der Waals surface area contributed by atoms with Gasteiger partial charge in [-0.15, -0.1) is 0 Å². The largest absolute Gasteiger partial charge is 0.497 e. The molecule has 0 aliphatic rings. The third-order valence-corrected chi connectivity index (χ3v) is 4.99. The van der Waals surface area contributed by atoms with Gasteiger partial charge in [0, 0.05) is 5.69 Å². The molecule has 2 aromatic carbocycles. The molecule has 1 N–H and O–H groups in total. The van der Waals surface area contributed by atoms with Crippen LogP contribution in [0.4, 0.5) is 5.82 Å². The average molecular weight is 415 g/mol. The highest BCUT2D eigenvalue weighted by atomic mass is 16.5. The highest BCUT2D eigenvalue weighted by molar-refractivity contribution is 5.47. The number of aromatic nitrogens is 4. The Morgan fingerprint density at radius 2 is 1.52 bits per heavy atom. The maximum atomic E-state index is 5.44. The normalized spacial score (nSPS) is 10.9. The third-order valence-electron chi connectivity index (χ3n) is 4.99. The topological polar surface area (TPSA) is 74.1 Å². The van der Waals surface area contributed by atoms with E-state index in [0.717, 1.165) is 34.0 Å². The van der Waals surface area contributed by atoms with Gasteiger partial charge in [0.25, 0.3) is 0 Å². The van der Waals surface area contributed by atoms with Crippen molar-refractivity contribution in [2.45, 2.75) is 19.9 Å². The minimum atomic E-state index is -0.185. The molecule has 0 aliphatic carbocycles. The van der Waals surface area contributed by atoms with E-state index in [4.69, 9.17) is 14.5 Å². The summed E-state index contributed by atoms with van der Waals surface area (Å²) < 4.78 is 12.7. The van der Waals surface area contributed by atoms with Crippen molar-refractivity contribution in [1.29, 1.82) is 0 Å². The van der Waals surface area contributed by atoms with Crippen LogP contribution in [0.15, 0.2) is 67.0 Å². The van der Waals surface area contributed by atoms with Crippen molar-refractivity contribution in [3.05, 3.63) is 89.5 Å². The van der Waals surface area contributed by atoms with E-state index in [1.54, 1.807) is 31.3 Å². The molecule has 0 fully saturated rings. The van der Waals surface area contributed by atoms with Crippen molar-refractivity contribution in [2.75, 3.05) is 19.5 Å². The Morgan fingerprint density at radius 3 is 2.06 bits per heavy atom. The van der Waals surface area contributed by atoms with Crippen LogP contribution in [0, 0.1) is 13.8 Å². The van der Waals surface area contributed by atoms with Crippen LogP contribution in [0.1, 0.15) is 28.6 Å². The monoisotopic (exact) mass is 415 g/mol. The van der Waals surface area contributed by atoms with Gasteiger partial charge in [0.15, 0.2) is 5.82 Å². The summed E-state index contributed by atoms with van der Waals surface area (Å²) >= 11 is 0. The summed E-state index contributed by atoms with van der Waals surface area (Å²) in [6.45, 7) is 3.96. The first-order valence-corrected chi connectivity index (χ1v) is 9.97. The predicted molar refractivity (Wildman–Crippen MR) is 120 cm³/mol. The Hall–Kier alpha value is -3.87. The Kier molecular flexibility index (Phi) is 5.84. The van der Waals surface area contributed by atoms with Crippen LogP contribution in [-0.2, 0) is 0 Å². The Bertz CT molecular complexity index is 1140. The molecule has 0 saturated carbocycles. The first-order chi connectivity index (χ1) is 15.1. The molecule has 0 radical (unpaired) electrons. The number of ether oxygens (including phenoxy) is 2. The standard InChI is InChI=1S/C24H25N5O2/c1-16-11-17(2)29(28-16)23-15-25-14-22(26-23)27-24(18-7-5-9-20(12-18)30-3)19-8-6-10-21(13-19)31-4/h5-15,24H,1-4H3,(H,26,27). The third kappa shape index (κ3) is 4.50. The molecular weight excluding hydrogens is 390 g/mol. The van der Waals surface area contributed by atoms with Gasteiger partial charge in [-0.3, -0.25) is 4.98 Å². The average Bonchev–Trinajstić information content (AvgIpc) is 3.15. The molecule has 31 heavy (non-hydrogen) atoms. The van der Waals surface area contributed by atoms with Gasteiger partial charge in [-0.05, 0) is 55.3 Å². The number of nitrogens with zero attached hydrogens (tertiary/aromatic N) is 4. The van der Waals surface area contributed by atoms with Gasteiger partial charge in [-0.1, -0.05) is 24.3 Å². The lowest BCUT2D eigenvalue weighted by atomic mass is 9.98. The summed E-state index contributed by atoms with van der Waals surface area (Å²) in [5, 5.41) is 8.04. The molecule has 0 spiro atoms. The molecular formula is C24H25N5O2. The van der Waals surface area contributed by atoms with Crippen molar-refractivity contribution < 1.29 is 9.47 Å². The van der Waals surface area contributed by atoms with Crippen LogP contribution in [-0.4, -0.2) is 34.0 Å². The summed E-state index contributed by atoms with van der Waals surface area (Å²) in [5.74, 6) is 2.87. The van der Waals surface area contributed by atoms with Gasteiger partial charge in [0.2, 0.25) is 0 Å².